The number of aliphatic imine (C=N–C) groups is 1. The Morgan fingerprint density at radius 3 is 3.05 bits per heavy atom. The van der Waals surface area contributed by atoms with Gasteiger partial charge in [-0.1, -0.05) is 0 Å². The van der Waals surface area contributed by atoms with Crippen LogP contribution in [0.25, 0.3) is 11.6 Å². The summed E-state index contributed by atoms with van der Waals surface area (Å²) in [5, 5.41) is 13.3. The van der Waals surface area contributed by atoms with Crippen molar-refractivity contribution in [3.63, 3.8) is 0 Å². The van der Waals surface area contributed by atoms with Crippen molar-refractivity contribution in [2.24, 2.45) is 4.99 Å². The number of furan rings is 1. The number of hydrogen-bond donors (Lipinski definition) is 3. The molecule has 2 aromatic rings. The molecule has 0 saturated carbocycles. The first-order valence-electron chi connectivity index (χ1n) is 7.38. The first kappa shape index (κ1) is 16.0. The number of nitrogens with zero attached hydrogens (tertiary/aromatic N) is 3. The summed E-state index contributed by atoms with van der Waals surface area (Å²) >= 11 is 0. The number of H-pyrrole nitrogens is 1. The van der Waals surface area contributed by atoms with E-state index in [1.807, 2.05) is 19.9 Å². The van der Waals surface area contributed by atoms with E-state index in [1.165, 1.54) is 0 Å². The van der Waals surface area contributed by atoms with Crippen molar-refractivity contribution in [3.05, 3.63) is 24.2 Å². The minimum Gasteiger partial charge on any atom is -0.461 e. The zero-order chi connectivity index (χ0) is 15.6. The van der Waals surface area contributed by atoms with Crippen molar-refractivity contribution in [1.82, 2.24) is 25.8 Å². The molecule has 8 heteroatoms. The molecule has 0 aliphatic rings. The Balaban J connectivity index is 1.89. The van der Waals surface area contributed by atoms with Crippen LogP contribution in [0.5, 0.6) is 0 Å². The molecule has 0 aromatic carbocycles. The van der Waals surface area contributed by atoms with Crippen molar-refractivity contribution >= 4 is 5.96 Å². The molecule has 0 saturated heterocycles. The second kappa shape index (κ2) is 8.83. The van der Waals surface area contributed by atoms with Crippen LogP contribution in [0.1, 0.15) is 19.7 Å². The van der Waals surface area contributed by atoms with Gasteiger partial charge >= 0.3 is 0 Å². The van der Waals surface area contributed by atoms with Crippen LogP contribution in [0.15, 0.2) is 27.8 Å². The fourth-order valence-electron chi connectivity index (χ4n) is 1.76. The SMILES string of the molecule is CCNC(=NCc1nc(-c2ccco2)n[nH]1)NCCOCC. The molecule has 2 rings (SSSR count). The highest BCUT2D eigenvalue weighted by atomic mass is 16.5. The Hall–Kier alpha value is -2.35. The van der Waals surface area contributed by atoms with Gasteiger partial charge in [-0.25, -0.2) is 9.98 Å². The van der Waals surface area contributed by atoms with Gasteiger partial charge in [-0.2, -0.15) is 0 Å². The van der Waals surface area contributed by atoms with Gasteiger partial charge < -0.3 is 19.8 Å². The van der Waals surface area contributed by atoms with Gasteiger partial charge in [-0.05, 0) is 26.0 Å². The van der Waals surface area contributed by atoms with Crippen LogP contribution < -0.4 is 10.6 Å². The lowest BCUT2D eigenvalue weighted by Gasteiger charge is -2.10. The first-order valence-corrected chi connectivity index (χ1v) is 7.38. The van der Waals surface area contributed by atoms with Gasteiger partial charge in [0.1, 0.15) is 12.4 Å². The van der Waals surface area contributed by atoms with Crippen LogP contribution in [-0.4, -0.2) is 47.4 Å². The van der Waals surface area contributed by atoms with E-state index >= 15 is 0 Å². The molecule has 22 heavy (non-hydrogen) atoms. The second-order valence-electron chi connectivity index (χ2n) is 4.40. The normalized spacial score (nSPS) is 11.6. The van der Waals surface area contributed by atoms with Crippen molar-refractivity contribution in [3.8, 4) is 11.6 Å². The first-order chi connectivity index (χ1) is 10.8. The number of guanidine groups is 1. The number of aromatic amines is 1. The minimum atomic E-state index is 0.400. The third-order valence-corrected chi connectivity index (χ3v) is 2.75. The highest BCUT2D eigenvalue weighted by molar-refractivity contribution is 5.79. The molecule has 3 N–H and O–H groups in total. The monoisotopic (exact) mass is 306 g/mol. The minimum absolute atomic E-state index is 0.400. The Labute approximate surface area is 129 Å². The number of rotatable bonds is 8. The highest BCUT2D eigenvalue weighted by Gasteiger charge is 2.07. The van der Waals surface area contributed by atoms with E-state index in [1.54, 1.807) is 12.3 Å². The Morgan fingerprint density at radius 1 is 1.41 bits per heavy atom. The van der Waals surface area contributed by atoms with Crippen molar-refractivity contribution in [1.29, 1.82) is 0 Å². The van der Waals surface area contributed by atoms with Crippen molar-refractivity contribution < 1.29 is 9.15 Å². The van der Waals surface area contributed by atoms with E-state index in [0.29, 0.717) is 43.7 Å². The molecule has 2 aromatic heterocycles. The van der Waals surface area contributed by atoms with E-state index < -0.39 is 0 Å². The lowest BCUT2D eigenvalue weighted by Crippen LogP contribution is -2.39. The van der Waals surface area contributed by atoms with Gasteiger partial charge in [0.05, 0.1) is 12.9 Å². The maximum atomic E-state index is 5.29. The third-order valence-electron chi connectivity index (χ3n) is 2.75. The van der Waals surface area contributed by atoms with Crippen LogP contribution in [0.2, 0.25) is 0 Å². The van der Waals surface area contributed by atoms with Crippen LogP contribution in [0.3, 0.4) is 0 Å². The fourth-order valence-corrected chi connectivity index (χ4v) is 1.76. The Morgan fingerprint density at radius 2 is 2.32 bits per heavy atom. The van der Waals surface area contributed by atoms with E-state index in [-0.39, 0.29) is 0 Å². The predicted octanol–water partition coefficient (Wildman–Crippen LogP) is 1.16. The van der Waals surface area contributed by atoms with Gasteiger partial charge in [0, 0.05) is 19.7 Å². The summed E-state index contributed by atoms with van der Waals surface area (Å²) in [6.07, 6.45) is 1.59. The summed E-state index contributed by atoms with van der Waals surface area (Å²) in [5.41, 5.74) is 0. The molecule has 8 nitrogen and oxygen atoms in total. The zero-order valence-electron chi connectivity index (χ0n) is 12.9. The number of aromatic nitrogens is 3. The molecule has 0 spiro atoms. The second-order valence-corrected chi connectivity index (χ2v) is 4.40. The average molecular weight is 306 g/mol. The summed E-state index contributed by atoms with van der Waals surface area (Å²) in [5.74, 6) is 2.56. The Kier molecular flexibility index (Phi) is 6.43. The molecule has 0 atom stereocenters. The van der Waals surface area contributed by atoms with Crippen LogP contribution in [0, 0.1) is 0 Å². The summed E-state index contributed by atoms with van der Waals surface area (Å²) in [6, 6.07) is 3.62. The number of hydrogen-bond acceptors (Lipinski definition) is 5. The summed E-state index contributed by atoms with van der Waals surface area (Å²) in [6.45, 7) is 7.23. The fraction of sp³-hybridized carbons (Fsp3) is 0.500. The lowest BCUT2D eigenvalue weighted by atomic mass is 10.4. The summed E-state index contributed by atoms with van der Waals surface area (Å²) in [7, 11) is 0. The summed E-state index contributed by atoms with van der Waals surface area (Å²) < 4.78 is 10.5. The molecular formula is C14H22N6O2. The molecule has 2 heterocycles. The molecule has 0 radical (unpaired) electrons. The largest absolute Gasteiger partial charge is 0.461 e. The molecule has 0 aliphatic carbocycles. The van der Waals surface area contributed by atoms with E-state index in [9.17, 15) is 0 Å². The van der Waals surface area contributed by atoms with Gasteiger partial charge in [-0.3, -0.25) is 5.10 Å². The lowest BCUT2D eigenvalue weighted by molar-refractivity contribution is 0.152. The molecular weight excluding hydrogens is 284 g/mol. The van der Waals surface area contributed by atoms with Crippen LogP contribution in [0.4, 0.5) is 0 Å². The maximum Gasteiger partial charge on any atom is 0.216 e. The van der Waals surface area contributed by atoms with Gasteiger partial charge in [0.15, 0.2) is 11.7 Å². The molecule has 0 unspecified atom stereocenters. The topological polar surface area (TPSA) is 100 Å². The zero-order valence-corrected chi connectivity index (χ0v) is 12.9. The van der Waals surface area contributed by atoms with Crippen LogP contribution >= 0.6 is 0 Å². The average Bonchev–Trinajstić information content (AvgIpc) is 3.19. The molecule has 0 amide bonds. The van der Waals surface area contributed by atoms with Crippen molar-refractivity contribution in [2.75, 3.05) is 26.3 Å². The number of nitrogens with one attached hydrogen (secondary N) is 3. The van der Waals surface area contributed by atoms with Crippen molar-refractivity contribution in [2.45, 2.75) is 20.4 Å². The van der Waals surface area contributed by atoms with E-state index in [4.69, 9.17) is 9.15 Å². The quantitative estimate of drug-likeness (QED) is 0.384. The van der Waals surface area contributed by atoms with Gasteiger partial charge in [-0.15, -0.1) is 5.10 Å². The van der Waals surface area contributed by atoms with E-state index in [2.05, 4.69) is 30.8 Å². The molecule has 0 aliphatic heterocycles. The third kappa shape index (κ3) is 4.88. The predicted molar refractivity (Wildman–Crippen MR) is 83.4 cm³/mol. The van der Waals surface area contributed by atoms with Crippen LogP contribution in [-0.2, 0) is 11.3 Å². The smallest absolute Gasteiger partial charge is 0.216 e. The number of ether oxygens (including phenoxy) is 1. The van der Waals surface area contributed by atoms with Gasteiger partial charge in [0.2, 0.25) is 5.82 Å². The standard InChI is InChI=1S/C14H22N6O2/c1-3-15-14(16-7-9-21-4-2)17-10-12-18-13(20-19-12)11-6-5-8-22-11/h5-6,8H,3-4,7,9-10H2,1-2H3,(H2,15,16,17)(H,18,19,20). The van der Waals surface area contributed by atoms with E-state index in [0.717, 1.165) is 12.5 Å². The maximum absolute atomic E-state index is 5.29. The van der Waals surface area contributed by atoms with Gasteiger partial charge in [0.25, 0.3) is 0 Å². The molecule has 0 bridgehead atoms. The highest BCUT2D eigenvalue weighted by Crippen LogP contribution is 2.14. The Bertz CT molecular complexity index is 564. The molecule has 0 fully saturated rings. The summed E-state index contributed by atoms with van der Waals surface area (Å²) in [4.78, 5) is 8.80. The molecule has 120 valence electrons.